The fourth-order valence-corrected chi connectivity index (χ4v) is 1.79. The highest BCUT2D eigenvalue weighted by molar-refractivity contribution is 5.93. The number of aromatic nitrogens is 2. The van der Waals surface area contributed by atoms with Crippen LogP contribution in [0.5, 0.6) is 0 Å². The number of amides is 1. The molecule has 1 amide bonds. The van der Waals surface area contributed by atoms with E-state index < -0.39 is 18.6 Å². The summed E-state index contributed by atoms with van der Waals surface area (Å²) in [5.74, 6) is -0.772. The van der Waals surface area contributed by atoms with Gasteiger partial charge in [-0.1, -0.05) is 12.1 Å². The number of hydrogen-bond acceptors (Lipinski definition) is 2. The lowest BCUT2D eigenvalue weighted by atomic mass is 10.3. The predicted octanol–water partition coefficient (Wildman–Crippen LogP) is 2.52. The number of rotatable bonds is 4. The summed E-state index contributed by atoms with van der Waals surface area (Å²) in [6, 6.07) is 5.13. The summed E-state index contributed by atoms with van der Waals surface area (Å²) in [4.78, 5) is 16.8. The number of imidazole rings is 1. The van der Waals surface area contributed by atoms with Crippen molar-refractivity contribution in [3.8, 4) is 0 Å². The number of fused-ring (bicyclic) bond motifs is 1. The molecule has 106 valence electrons. The van der Waals surface area contributed by atoms with Gasteiger partial charge >= 0.3 is 6.18 Å². The Morgan fingerprint density at radius 3 is 2.80 bits per heavy atom. The van der Waals surface area contributed by atoms with Gasteiger partial charge in [0.05, 0.1) is 0 Å². The molecule has 0 aromatic carbocycles. The van der Waals surface area contributed by atoms with Crippen LogP contribution in [0.25, 0.3) is 5.65 Å². The summed E-state index contributed by atoms with van der Waals surface area (Å²) in [6.07, 6.45) is -0.137. The molecule has 0 spiro atoms. The molecule has 0 fully saturated rings. The van der Waals surface area contributed by atoms with Crippen molar-refractivity contribution in [1.29, 1.82) is 0 Å². The Kier molecular flexibility index (Phi) is 3.78. The van der Waals surface area contributed by atoms with Gasteiger partial charge in [-0.3, -0.25) is 4.79 Å². The minimum Gasteiger partial charge on any atom is -0.324 e. The first-order valence-electron chi connectivity index (χ1n) is 5.81. The monoisotopic (exact) mass is 283 g/mol. The van der Waals surface area contributed by atoms with E-state index >= 15 is 0 Å². The zero-order chi connectivity index (χ0) is 14.8. The molecule has 0 aliphatic heterocycles. The van der Waals surface area contributed by atoms with Crippen LogP contribution in [0, 0.1) is 0 Å². The van der Waals surface area contributed by atoms with Gasteiger partial charge in [-0.2, -0.15) is 13.2 Å². The number of carbonyl (C=O) groups is 1. The van der Waals surface area contributed by atoms with E-state index in [1.807, 2.05) is 0 Å². The van der Waals surface area contributed by atoms with E-state index in [0.717, 1.165) is 0 Å². The number of pyridine rings is 1. The quantitative estimate of drug-likeness (QED) is 0.809. The van der Waals surface area contributed by atoms with Crippen LogP contribution in [0.2, 0.25) is 0 Å². The van der Waals surface area contributed by atoms with Crippen molar-refractivity contribution in [2.75, 3.05) is 13.1 Å². The SMILES string of the molecule is C=CCN(CC(F)(F)F)C(=O)c1cn2ccccc2n1. The Balaban J connectivity index is 2.28. The van der Waals surface area contributed by atoms with Gasteiger partial charge in [-0.05, 0) is 12.1 Å². The van der Waals surface area contributed by atoms with Gasteiger partial charge in [0.1, 0.15) is 17.9 Å². The van der Waals surface area contributed by atoms with E-state index in [9.17, 15) is 18.0 Å². The van der Waals surface area contributed by atoms with E-state index in [1.54, 1.807) is 28.8 Å². The van der Waals surface area contributed by atoms with Gasteiger partial charge < -0.3 is 9.30 Å². The van der Waals surface area contributed by atoms with Crippen LogP contribution < -0.4 is 0 Å². The summed E-state index contributed by atoms with van der Waals surface area (Å²) in [6.45, 7) is 1.85. The van der Waals surface area contributed by atoms with Crippen LogP contribution in [0.15, 0.2) is 43.2 Å². The molecule has 20 heavy (non-hydrogen) atoms. The van der Waals surface area contributed by atoms with Gasteiger partial charge in [-0.25, -0.2) is 4.98 Å². The average molecular weight is 283 g/mol. The van der Waals surface area contributed by atoms with Crippen LogP contribution in [0.4, 0.5) is 13.2 Å². The van der Waals surface area contributed by atoms with Crippen molar-refractivity contribution in [3.05, 3.63) is 48.9 Å². The lowest BCUT2D eigenvalue weighted by Crippen LogP contribution is -2.39. The fraction of sp³-hybridized carbons (Fsp3) is 0.231. The van der Waals surface area contributed by atoms with Crippen LogP contribution in [-0.4, -0.2) is 39.5 Å². The molecule has 4 nitrogen and oxygen atoms in total. The van der Waals surface area contributed by atoms with Crippen LogP contribution in [0.3, 0.4) is 0 Å². The molecule has 0 saturated heterocycles. The van der Waals surface area contributed by atoms with Crippen molar-refractivity contribution >= 4 is 11.6 Å². The number of carbonyl (C=O) groups excluding carboxylic acids is 1. The highest BCUT2D eigenvalue weighted by Gasteiger charge is 2.33. The molecule has 0 saturated carbocycles. The first-order chi connectivity index (χ1) is 9.40. The van der Waals surface area contributed by atoms with Crippen LogP contribution in [-0.2, 0) is 0 Å². The molecule has 0 N–H and O–H groups in total. The lowest BCUT2D eigenvalue weighted by Gasteiger charge is -2.21. The molecular formula is C13H12F3N3O. The molecule has 0 unspecified atom stereocenters. The van der Waals surface area contributed by atoms with Gasteiger partial charge in [0.25, 0.3) is 5.91 Å². The molecule has 0 radical (unpaired) electrons. The summed E-state index contributed by atoms with van der Waals surface area (Å²) in [5, 5.41) is 0. The molecule has 2 heterocycles. The van der Waals surface area contributed by atoms with Gasteiger partial charge in [0.15, 0.2) is 0 Å². The second kappa shape index (κ2) is 5.36. The lowest BCUT2D eigenvalue weighted by molar-refractivity contribution is -0.139. The maximum atomic E-state index is 12.5. The van der Waals surface area contributed by atoms with Crippen molar-refractivity contribution in [1.82, 2.24) is 14.3 Å². The highest BCUT2D eigenvalue weighted by Crippen LogP contribution is 2.18. The first kappa shape index (κ1) is 14.1. The standard InChI is InChI=1S/C13H12F3N3O/c1-2-6-19(9-13(14,15)16)12(20)10-8-18-7-4-3-5-11(18)17-10/h2-5,7-8H,1,6,9H2. The molecule has 2 aromatic heterocycles. The van der Waals surface area contributed by atoms with E-state index in [1.165, 1.54) is 12.3 Å². The largest absolute Gasteiger partial charge is 0.406 e. The Morgan fingerprint density at radius 2 is 2.20 bits per heavy atom. The van der Waals surface area contributed by atoms with Crippen molar-refractivity contribution in [2.45, 2.75) is 6.18 Å². The third-order valence-corrected chi connectivity index (χ3v) is 2.59. The van der Waals surface area contributed by atoms with E-state index in [-0.39, 0.29) is 12.2 Å². The molecule has 2 rings (SSSR count). The summed E-state index contributed by atoms with van der Waals surface area (Å²) in [5.41, 5.74) is 0.476. The molecule has 0 atom stereocenters. The summed E-state index contributed by atoms with van der Waals surface area (Å²) < 4.78 is 38.9. The topological polar surface area (TPSA) is 37.6 Å². The molecule has 2 aromatic rings. The third-order valence-electron chi connectivity index (χ3n) is 2.59. The molecule has 0 bridgehead atoms. The first-order valence-corrected chi connectivity index (χ1v) is 5.81. The maximum absolute atomic E-state index is 12.5. The van der Waals surface area contributed by atoms with Gasteiger partial charge in [0, 0.05) is 18.9 Å². The zero-order valence-corrected chi connectivity index (χ0v) is 10.5. The second-order valence-electron chi connectivity index (χ2n) is 4.18. The minimum atomic E-state index is -4.46. The second-order valence-corrected chi connectivity index (χ2v) is 4.18. The van der Waals surface area contributed by atoms with Crippen LogP contribution >= 0.6 is 0 Å². The van der Waals surface area contributed by atoms with E-state index in [0.29, 0.717) is 10.5 Å². The molecule has 0 aliphatic carbocycles. The predicted molar refractivity (Wildman–Crippen MR) is 67.3 cm³/mol. The fourth-order valence-electron chi connectivity index (χ4n) is 1.79. The maximum Gasteiger partial charge on any atom is 0.406 e. The summed E-state index contributed by atoms with van der Waals surface area (Å²) in [7, 11) is 0. The summed E-state index contributed by atoms with van der Waals surface area (Å²) >= 11 is 0. The number of nitrogens with zero attached hydrogens (tertiary/aromatic N) is 3. The van der Waals surface area contributed by atoms with E-state index in [4.69, 9.17) is 0 Å². The molecule has 7 heteroatoms. The number of hydrogen-bond donors (Lipinski definition) is 0. The van der Waals surface area contributed by atoms with Gasteiger partial charge in [0.2, 0.25) is 0 Å². The molecule has 0 aliphatic rings. The molecular weight excluding hydrogens is 271 g/mol. The normalized spacial score (nSPS) is 11.6. The van der Waals surface area contributed by atoms with Crippen molar-refractivity contribution < 1.29 is 18.0 Å². The Labute approximate surface area is 113 Å². The number of alkyl halides is 3. The average Bonchev–Trinajstić information content (AvgIpc) is 2.79. The Hall–Kier alpha value is -2.31. The minimum absolute atomic E-state index is 0.0256. The van der Waals surface area contributed by atoms with E-state index in [2.05, 4.69) is 11.6 Å². The number of halogens is 3. The van der Waals surface area contributed by atoms with Crippen molar-refractivity contribution in [3.63, 3.8) is 0 Å². The Bertz CT molecular complexity index is 600. The Morgan fingerprint density at radius 1 is 1.45 bits per heavy atom. The van der Waals surface area contributed by atoms with Crippen molar-refractivity contribution in [2.24, 2.45) is 0 Å². The highest BCUT2D eigenvalue weighted by atomic mass is 19.4. The smallest absolute Gasteiger partial charge is 0.324 e. The third kappa shape index (κ3) is 3.17. The zero-order valence-electron chi connectivity index (χ0n) is 10.5. The van der Waals surface area contributed by atoms with Crippen LogP contribution in [0.1, 0.15) is 10.5 Å². The van der Waals surface area contributed by atoms with Gasteiger partial charge in [-0.15, -0.1) is 6.58 Å².